The van der Waals surface area contributed by atoms with Crippen LogP contribution in [0.15, 0.2) is 84.9 Å². The molecule has 0 spiro atoms. The predicted molar refractivity (Wildman–Crippen MR) is 140 cm³/mol. The molecule has 0 aromatic heterocycles. The van der Waals surface area contributed by atoms with E-state index in [1.54, 1.807) is 0 Å². The second kappa shape index (κ2) is 9.74. The Morgan fingerprint density at radius 3 is 1.22 bits per heavy atom. The number of benzene rings is 4. The molecule has 0 fully saturated rings. The van der Waals surface area contributed by atoms with Crippen LogP contribution in [0.4, 0.5) is 22.7 Å². The average molecular weight is 421 g/mol. The molecular weight excluding hydrogens is 388 g/mol. The lowest BCUT2D eigenvalue weighted by Gasteiger charge is -2.16. The number of hydrogen-bond donors (Lipinski definition) is 2. The lowest BCUT2D eigenvalue weighted by molar-refractivity contribution is 1.13. The molecule has 162 valence electrons. The van der Waals surface area contributed by atoms with Gasteiger partial charge in [-0.05, 0) is 97.5 Å². The van der Waals surface area contributed by atoms with Crippen molar-refractivity contribution >= 4 is 22.7 Å². The van der Waals surface area contributed by atoms with Crippen molar-refractivity contribution in [2.75, 3.05) is 10.6 Å². The zero-order valence-corrected chi connectivity index (χ0v) is 19.5. The fraction of sp³-hybridized carbons (Fsp3) is 0.200. The van der Waals surface area contributed by atoms with Crippen molar-refractivity contribution in [3.8, 4) is 11.1 Å². The zero-order valence-electron chi connectivity index (χ0n) is 19.5. The summed E-state index contributed by atoms with van der Waals surface area (Å²) < 4.78 is 0. The first-order valence-corrected chi connectivity index (χ1v) is 11.5. The van der Waals surface area contributed by atoms with Crippen molar-refractivity contribution in [1.29, 1.82) is 0 Å². The molecule has 0 aliphatic rings. The predicted octanol–water partition coefficient (Wildman–Crippen LogP) is 8.58. The molecule has 4 aromatic carbocycles. The van der Waals surface area contributed by atoms with E-state index >= 15 is 0 Å². The Kier molecular flexibility index (Phi) is 6.61. The van der Waals surface area contributed by atoms with E-state index in [0.717, 1.165) is 24.2 Å². The number of aryl methyl sites for hydroxylation is 4. The van der Waals surface area contributed by atoms with Crippen LogP contribution in [0.3, 0.4) is 0 Å². The van der Waals surface area contributed by atoms with E-state index in [0.29, 0.717) is 0 Å². The van der Waals surface area contributed by atoms with Crippen molar-refractivity contribution < 1.29 is 0 Å². The third kappa shape index (κ3) is 5.03. The summed E-state index contributed by atoms with van der Waals surface area (Å²) >= 11 is 0. The highest BCUT2D eigenvalue weighted by Crippen LogP contribution is 2.31. The Morgan fingerprint density at radius 1 is 0.500 bits per heavy atom. The van der Waals surface area contributed by atoms with Gasteiger partial charge in [0.15, 0.2) is 0 Å². The van der Waals surface area contributed by atoms with Crippen LogP contribution in [-0.2, 0) is 12.8 Å². The Balaban J connectivity index is 1.59. The third-order valence-electron chi connectivity index (χ3n) is 5.97. The smallest absolute Gasteiger partial charge is 0.0417 e. The summed E-state index contributed by atoms with van der Waals surface area (Å²) in [5, 5.41) is 7.16. The molecule has 32 heavy (non-hydrogen) atoms. The molecule has 2 nitrogen and oxygen atoms in total. The highest BCUT2D eigenvalue weighted by atomic mass is 14.9. The number of nitrogens with one attached hydrogen (secondary N) is 2. The zero-order chi connectivity index (χ0) is 22.5. The Hall–Kier alpha value is -3.52. The van der Waals surface area contributed by atoms with Gasteiger partial charge in [0.05, 0.1) is 0 Å². The largest absolute Gasteiger partial charge is 0.355 e. The third-order valence-corrected chi connectivity index (χ3v) is 5.97. The lowest BCUT2D eigenvalue weighted by Crippen LogP contribution is -1.98. The second-order valence-corrected chi connectivity index (χ2v) is 8.43. The van der Waals surface area contributed by atoms with Crippen molar-refractivity contribution in [3.05, 3.63) is 107 Å². The van der Waals surface area contributed by atoms with E-state index in [-0.39, 0.29) is 0 Å². The maximum absolute atomic E-state index is 3.58. The van der Waals surface area contributed by atoms with Crippen LogP contribution < -0.4 is 10.6 Å². The topological polar surface area (TPSA) is 24.1 Å². The lowest BCUT2D eigenvalue weighted by atomic mass is 9.97. The van der Waals surface area contributed by atoms with Crippen LogP contribution in [0.1, 0.15) is 36.1 Å². The van der Waals surface area contributed by atoms with Gasteiger partial charge in [-0.2, -0.15) is 0 Å². The van der Waals surface area contributed by atoms with Crippen LogP contribution in [0.25, 0.3) is 11.1 Å². The summed E-state index contributed by atoms with van der Waals surface area (Å²) in [5.41, 5.74) is 12.3. The molecule has 0 unspecified atom stereocenters. The molecule has 4 rings (SSSR count). The molecule has 0 saturated heterocycles. The Bertz CT molecular complexity index is 1090. The van der Waals surface area contributed by atoms with Crippen LogP contribution >= 0.6 is 0 Å². The van der Waals surface area contributed by atoms with Crippen LogP contribution in [0, 0.1) is 13.8 Å². The molecule has 0 saturated carbocycles. The maximum Gasteiger partial charge on any atom is 0.0417 e. The molecule has 0 heterocycles. The summed E-state index contributed by atoms with van der Waals surface area (Å²) in [6.45, 7) is 8.65. The van der Waals surface area contributed by atoms with Crippen molar-refractivity contribution in [2.45, 2.75) is 40.5 Å². The van der Waals surface area contributed by atoms with Gasteiger partial charge in [-0.3, -0.25) is 0 Å². The molecule has 4 aromatic rings. The van der Waals surface area contributed by atoms with Crippen LogP contribution in [0.5, 0.6) is 0 Å². The van der Waals surface area contributed by atoms with Gasteiger partial charge in [0, 0.05) is 22.7 Å². The van der Waals surface area contributed by atoms with Gasteiger partial charge in [0.1, 0.15) is 0 Å². The molecule has 0 amide bonds. The summed E-state index contributed by atoms with van der Waals surface area (Å²) in [7, 11) is 0. The molecule has 0 aliphatic carbocycles. The minimum absolute atomic E-state index is 0.982. The fourth-order valence-electron chi connectivity index (χ4n) is 3.96. The summed E-state index contributed by atoms with van der Waals surface area (Å²) in [6, 6.07) is 30.6. The number of anilines is 4. The molecular formula is C30H32N2. The molecule has 0 radical (unpaired) electrons. The minimum atomic E-state index is 0.982. The Morgan fingerprint density at radius 2 is 0.875 bits per heavy atom. The second-order valence-electron chi connectivity index (χ2n) is 8.43. The maximum atomic E-state index is 3.58. The highest BCUT2D eigenvalue weighted by molar-refractivity contribution is 5.75. The van der Waals surface area contributed by atoms with E-state index in [2.05, 4.69) is 123 Å². The van der Waals surface area contributed by atoms with Gasteiger partial charge in [0.2, 0.25) is 0 Å². The Labute approximate surface area is 192 Å². The van der Waals surface area contributed by atoms with E-state index < -0.39 is 0 Å². The van der Waals surface area contributed by atoms with E-state index in [9.17, 15) is 0 Å². The van der Waals surface area contributed by atoms with Crippen molar-refractivity contribution in [3.63, 3.8) is 0 Å². The average Bonchev–Trinajstić information content (AvgIpc) is 2.82. The van der Waals surface area contributed by atoms with Gasteiger partial charge in [-0.1, -0.05) is 61.4 Å². The first-order valence-electron chi connectivity index (χ1n) is 11.5. The monoisotopic (exact) mass is 420 g/mol. The summed E-state index contributed by atoms with van der Waals surface area (Å²) in [4.78, 5) is 0. The number of hydrogen-bond acceptors (Lipinski definition) is 2. The van der Waals surface area contributed by atoms with E-state index in [4.69, 9.17) is 0 Å². The summed E-state index contributed by atoms with van der Waals surface area (Å²) in [6.07, 6.45) is 1.96. The van der Waals surface area contributed by atoms with Crippen LogP contribution in [0.2, 0.25) is 0 Å². The molecule has 2 N–H and O–H groups in total. The minimum Gasteiger partial charge on any atom is -0.355 e. The molecule has 0 atom stereocenters. The van der Waals surface area contributed by atoms with Gasteiger partial charge in [-0.15, -0.1) is 0 Å². The number of rotatable bonds is 7. The normalized spacial score (nSPS) is 10.8. The molecule has 0 bridgehead atoms. The van der Waals surface area contributed by atoms with Gasteiger partial charge >= 0.3 is 0 Å². The first kappa shape index (κ1) is 21.7. The first-order chi connectivity index (χ1) is 15.6. The van der Waals surface area contributed by atoms with Crippen molar-refractivity contribution in [1.82, 2.24) is 0 Å². The molecule has 2 heteroatoms. The van der Waals surface area contributed by atoms with E-state index in [1.165, 1.54) is 44.8 Å². The molecule has 0 aliphatic heterocycles. The van der Waals surface area contributed by atoms with Crippen molar-refractivity contribution in [2.24, 2.45) is 0 Å². The highest BCUT2D eigenvalue weighted by Gasteiger charge is 2.08. The van der Waals surface area contributed by atoms with E-state index in [1.807, 2.05) is 0 Å². The SMILES string of the molecule is CCc1cc(-c2ccc(Nc3ccc(C)cc3)c(CC)c2)ccc1Nc1ccc(C)cc1. The van der Waals surface area contributed by atoms with Gasteiger partial charge < -0.3 is 10.6 Å². The summed E-state index contributed by atoms with van der Waals surface area (Å²) in [5.74, 6) is 0. The quantitative estimate of drug-likeness (QED) is 0.313. The standard InChI is InChI=1S/C30H32N2/c1-5-23-19-25(11-17-29(23)31-27-13-7-21(3)8-14-27)26-12-18-30(24(6-2)20-26)32-28-15-9-22(4)10-16-28/h7-20,31-32H,5-6H2,1-4H3. The van der Waals surface area contributed by atoms with Crippen LogP contribution in [-0.4, -0.2) is 0 Å². The van der Waals surface area contributed by atoms with Gasteiger partial charge in [0.25, 0.3) is 0 Å². The van der Waals surface area contributed by atoms with Gasteiger partial charge in [-0.25, -0.2) is 0 Å². The fourth-order valence-corrected chi connectivity index (χ4v) is 3.96.